The smallest absolute Gasteiger partial charge is 0.226 e. The predicted molar refractivity (Wildman–Crippen MR) is 88.3 cm³/mol. The van der Waals surface area contributed by atoms with Gasteiger partial charge in [0.15, 0.2) is 0 Å². The number of carbonyl (C=O) groups is 1. The molecule has 2 aliphatic heterocycles. The molecule has 1 saturated carbocycles. The van der Waals surface area contributed by atoms with E-state index in [0.717, 1.165) is 39.0 Å². The number of nitrogens with zero attached hydrogens (tertiary/aromatic N) is 1. The van der Waals surface area contributed by atoms with Gasteiger partial charge in [0.1, 0.15) is 0 Å². The van der Waals surface area contributed by atoms with Crippen molar-refractivity contribution in [1.29, 1.82) is 0 Å². The van der Waals surface area contributed by atoms with Crippen LogP contribution in [0.15, 0.2) is 36.4 Å². The summed E-state index contributed by atoms with van der Waals surface area (Å²) in [6.07, 6.45) is 6.72. The van der Waals surface area contributed by atoms with Crippen molar-refractivity contribution < 1.29 is 4.79 Å². The Bertz CT molecular complexity index is 587. The third-order valence-electron chi connectivity index (χ3n) is 5.75. The molecular weight excluding hydrogens is 272 g/mol. The molecule has 1 aliphatic carbocycles. The first-order valence-corrected chi connectivity index (χ1v) is 8.52. The zero-order chi connectivity index (χ0) is 15.0. The number of benzene rings is 1. The Hall–Kier alpha value is -1.61. The van der Waals surface area contributed by atoms with Gasteiger partial charge in [0.05, 0.1) is 0 Å². The second-order valence-corrected chi connectivity index (χ2v) is 7.00. The van der Waals surface area contributed by atoms with Crippen LogP contribution in [0.4, 0.5) is 0 Å². The fraction of sp³-hybridized carbons (Fsp3) is 0.526. The molecule has 1 amide bonds. The van der Waals surface area contributed by atoms with E-state index in [2.05, 4.69) is 40.6 Å². The first kappa shape index (κ1) is 14.0. The van der Waals surface area contributed by atoms with Crippen molar-refractivity contribution in [3.05, 3.63) is 42.0 Å². The standard InChI is InChI=1S/C19H24N2O/c22-18(17-14-19(17)8-10-20-11-9-19)21-12-6-16(7-13-21)15-4-2-1-3-5-15/h1-6,17,20H,7-14H2. The summed E-state index contributed by atoms with van der Waals surface area (Å²) < 4.78 is 0. The fourth-order valence-electron chi connectivity index (χ4n) is 4.18. The van der Waals surface area contributed by atoms with Crippen LogP contribution in [0.1, 0.15) is 31.2 Å². The predicted octanol–water partition coefficient (Wildman–Crippen LogP) is 2.69. The molecule has 0 radical (unpaired) electrons. The van der Waals surface area contributed by atoms with Crippen LogP contribution in [0.3, 0.4) is 0 Å². The van der Waals surface area contributed by atoms with Gasteiger partial charge in [-0.05, 0) is 55.3 Å². The van der Waals surface area contributed by atoms with E-state index >= 15 is 0 Å². The minimum absolute atomic E-state index is 0.307. The third-order valence-corrected chi connectivity index (χ3v) is 5.75. The summed E-state index contributed by atoms with van der Waals surface area (Å²) in [5.41, 5.74) is 3.04. The Balaban J connectivity index is 1.39. The third kappa shape index (κ3) is 2.48. The monoisotopic (exact) mass is 296 g/mol. The van der Waals surface area contributed by atoms with Crippen LogP contribution in [0.5, 0.6) is 0 Å². The number of hydrogen-bond acceptors (Lipinski definition) is 2. The summed E-state index contributed by atoms with van der Waals surface area (Å²) in [6.45, 7) is 3.84. The Kier molecular flexibility index (Phi) is 3.53. The quantitative estimate of drug-likeness (QED) is 0.910. The molecule has 4 rings (SSSR count). The second-order valence-electron chi connectivity index (χ2n) is 7.00. The average molecular weight is 296 g/mol. The maximum Gasteiger partial charge on any atom is 0.226 e. The van der Waals surface area contributed by atoms with Crippen LogP contribution in [0.2, 0.25) is 0 Å². The number of piperidine rings is 1. The van der Waals surface area contributed by atoms with Gasteiger partial charge in [-0.25, -0.2) is 0 Å². The molecule has 1 unspecified atom stereocenters. The molecule has 1 spiro atoms. The minimum atomic E-state index is 0.307. The SMILES string of the molecule is O=C(C1CC12CCNCC2)N1CC=C(c2ccccc2)CC1. The van der Waals surface area contributed by atoms with Crippen LogP contribution in [0, 0.1) is 11.3 Å². The molecule has 0 aromatic heterocycles. The summed E-state index contributed by atoms with van der Waals surface area (Å²) in [7, 11) is 0. The summed E-state index contributed by atoms with van der Waals surface area (Å²) in [4.78, 5) is 14.8. The zero-order valence-corrected chi connectivity index (χ0v) is 13.1. The molecule has 22 heavy (non-hydrogen) atoms. The molecule has 3 nitrogen and oxygen atoms in total. The van der Waals surface area contributed by atoms with Crippen molar-refractivity contribution in [2.75, 3.05) is 26.2 Å². The fourth-order valence-corrected chi connectivity index (χ4v) is 4.18. The van der Waals surface area contributed by atoms with Crippen LogP contribution in [-0.4, -0.2) is 37.0 Å². The van der Waals surface area contributed by atoms with Gasteiger partial charge in [0, 0.05) is 19.0 Å². The van der Waals surface area contributed by atoms with Crippen molar-refractivity contribution in [3.63, 3.8) is 0 Å². The summed E-state index contributed by atoms with van der Waals surface area (Å²) >= 11 is 0. The molecule has 0 bridgehead atoms. The average Bonchev–Trinajstić information content (AvgIpc) is 3.29. The molecule has 3 heteroatoms. The van der Waals surface area contributed by atoms with Crippen molar-refractivity contribution >= 4 is 11.5 Å². The summed E-state index contributed by atoms with van der Waals surface area (Å²) in [5, 5.41) is 3.41. The lowest BCUT2D eigenvalue weighted by atomic mass is 9.91. The van der Waals surface area contributed by atoms with Crippen molar-refractivity contribution in [3.8, 4) is 0 Å². The van der Waals surface area contributed by atoms with Crippen LogP contribution >= 0.6 is 0 Å². The Labute approximate surface area is 132 Å². The summed E-state index contributed by atoms with van der Waals surface area (Å²) in [5.74, 6) is 0.714. The maximum atomic E-state index is 12.8. The Morgan fingerprint density at radius 3 is 2.64 bits per heavy atom. The van der Waals surface area contributed by atoms with Crippen LogP contribution < -0.4 is 5.32 Å². The largest absolute Gasteiger partial charge is 0.338 e. The normalized spacial score (nSPS) is 26.6. The number of rotatable bonds is 2. The topological polar surface area (TPSA) is 32.3 Å². The maximum absolute atomic E-state index is 12.8. The van der Waals surface area contributed by atoms with Gasteiger partial charge in [-0.2, -0.15) is 0 Å². The highest BCUT2D eigenvalue weighted by Gasteiger charge is 2.58. The molecule has 116 valence electrons. The first-order chi connectivity index (χ1) is 10.8. The highest BCUT2D eigenvalue weighted by atomic mass is 16.2. The van der Waals surface area contributed by atoms with Gasteiger partial charge >= 0.3 is 0 Å². The van der Waals surface area contributed by atoms with E-state index in [-0.39, 0.29) is 0 Å². The van der Waals surface area contributed by atoms with Gasteiger partial charge in [-0.15, -0.1) is 0 Å². The second kappa shape index (κ2) is 5.54. The van der Waals surface area contributed by atoms with Gasteiger partial charge in [0.25, 0.3) is 0 Å². The van der Waals surface area contributed by atoms with E-state index in [1.54, 1.807) is 0 Å². The van der Waals surface area contributed by atoms with E-state index in [9.17, 15) is 4.79 Å². The minimum Gasteiger partial charge on any atom is -0.338 e. The number of amides is 1. The highest BCUT2D eigenvalue weighted by Crippen LogP contribution is 2.59. The molecule has 1 aromatic rings. The molecular formula is C19H24N2O. The Morgan fingerprint density at radius 2 is 1.95 bits per heavy atom. The van der Waals surface area contributed by atoms with E-state index in [4.69, 9.17) is 0 Å². The zero-order valence-electron chi connectivity index (χ0n) is 13.1. The lowest BCUT2D eigenvalue weighted by molar-refractivity contribution is -0.133. The van der Waals surface area contributed by atoms with E-state index in [1.165, 1.54) is 24.0 Å². The van der Waals surface area contributed by atoms with Crippen molar-refractivity contribution in [2.45, 2.75) is 25.7 Å². The summed E-state index contributed by atoms with van der Waals surface area (Å²) in [6, 6.07) is 10.5. The van der Waals surface area contributed by atoms with Crippen LogP contribution in [-0.2, 0) is 4.79 Å². The number of carbonyl (C=O) groups excluding carboxylic acids is 1. The molecule has 2 fully saturated rings. The van der Waals surface area contributed by atoms with Gasteiger partial charge < -0.3 is 10.2 Å². The molecule has 1 atom stereocenters. The Morgan fingerprint density at radius 1 is 1.18 bits per heavy atom. The van der Waals surface area contributed by atoms with Crippen LogP contribution in [0.25, 0.3) is 5.57 Å². The molecule has 2 heterocycles. The van der Waals surface area contributed by atoms with Crippen molar-refractivity contribution in [2.24, 2.45) is 11.3 Å². The van der Waals surface area contributed by atoms with E-state index in [1.807, 2.05) is 6.07 Å². The molecule has 1 aromatic carbocycles. The lowest BCUT2D eigenvalue weighted by Crippen LogP contribution is -2.38. The van der Waals surface area contributed by atoms with Crippen molar-refractivity contribution in [1.82, 2.24) is 10.2 Å². The van der Waals surface area contributed by atoms with Gasteiger partial charge in [-0.1, -0.05) is 36.4 Å². The van der Waals surface area contributed by atoms with Gasteiger partial charge in [0.2, 0.25) is 5.91 Å². The number of nitrogens with one attached hydrogen (secondary N) is 1. The van der Waals surface area contributed by atoms with E-state index < -0.39 is 0 Å². The lowest BCUT2D eigenvalue weighted by Gasteiger charge is -2.29. The highest BCUT2D eigenvalue weighted by molar-refractivity contribution is 5.84. The number of hydrogen-bond donors (Lipinski definition) is 1. The molecule has 3 aliphatic rings. The van der Waals surface area contributed by atoms with E-state index in [0.29, 0.717) is 17.2 Å². The molecule has 1 saturated heterocycles. The van der Waals surface area contributed by atoms with Gasteiger partial charge in [-0.3, -0.25) is 4.79 Å². The molecule has 1 N–H and O–H groups in total. The first-order valence-electron chi connectivity index (χ1n) is 8.52.